The SMILES string of the molecule is CCc1ccc(/C=N\NC(=O)c2cccn(Cc3cccc(Cl)c3)c2=O)cc1. The number of aromatic nitrogens is 1. The van der Waals surface area contributed by atoms with Crippen LogP contribution in [0.2, 0.25) is 5.02 Å². The Morgan fingerprint density at radius 2 is 1.89 bits per heavy atom. The highest BCUT2D eigenvalue weighted by Crippen LogP contribution is 2.11. The van der Waals surface area contributed by atoms with Crippen LogP contribution in [0, 0.1) is 0 Å². The summed E-state index contributed by atoms with van der Waals surface area (Å²) in [6.07, 6.45) is 4.15. The van der Waals surface area contributed by atoms with E-state index in [1.807, 2.05) is 36.4 Å². The molecule has 1 amide bonds. The van der Waals surface area contributed by atoms with Gasteiger partial charge in [-0.05, 0) is 47.4 Å². The fourth-order valence-corrected chi connectivity index (χ4v) is 2.94. The molecule has 142 valence electrons. The lowest BCUT2D eigenvalue weighted by Gasteiger charge is -2.08. The van der Waals surface area contributed by atoms with E-state index in [0.717, 1.165) is 17.5 Å². The van der Waals surface area contributed by atoms with Crippen LogP contribution in [0.1, 0.15) is 34.0 Å². The number of carbonyl (C=O) groups is 1. The van der Waals surface area contributed by atoms with Gasteiger partial charge in [0.1, 0.15) is 5.56 Å². The highest BCUT2D eigenvalue weighted by molar-refractivity contribution is 6.30. The van der Waals surface area contributed by atoms with Crippen LogP contribution in [0.15, 0.2) is 76.8 Å². The van der Waals surface area contributed by atoms with Crippen LogP contribution < -0.4 is 11.0 Å². The highest BCUT2D eigenvalue weighted by Gasteiger charge is 2.11. The second-order valence-corrected chi connectivity index (χ2v) is 6.72. The lowest BCUT2D eigenvalue weighted by Crippen LogP contribution is -2.30. The highest BCUT2D eigenvalue weighted by atomic mass is 35.5. The summed E-state index contributed by atoms with van der Waals surface area (Å²) in [4.78, 5) is 25.0. The zero-order chi connectivity index (χ0) is 19.9. The first-order valence-electron chi connectivity index (χ1n) is 8.93. The summed E-state index contributed by atoms with van der Waals surface area (Å²) in [5, 5.41) is 4.55. The number of halogens is 1. The van der Waals surface area contributed by atoms with Crippen LogP contribution in [-0.2, 0) is 13.0 Å². The van der Waals surface area contributed by atoms with Crippen molar-refractivity contribution < 1.29 is 4.79 Å². The number of hydrogen-bond acceptors (Lipinski definition) is 3. The minimum atomic E-state index is -0.549. The van der Waals surface area contributed by atoms with E-state index in [1.54, 1.807) is 30.6 Å². The van der Waals surface area contributed by atoms with Gasteiger partial charge < -0.3 is 4.57 Å². The van der Waals surface area contributed by atoms with E-state index in [1.165, 1.54) is 16.2 Å². The second-order valence-electron chi connectivity index (χ2n) is 6.28. The zero-order valence-electron chi connectivity index (χ0n) is 15.4. The smallest absolute Gasteiger partial charge is 0.276 e. The molecule has 1 heterocycles. The van der Waals surface area contributed by atoms with Crippen LogP contribution in [0.4, 0.5) is 0 Å². The van der Waals surface area contributed by atoms with Gasteiger partial charge in [-0.3, -0.25) is 9.59 Å². The molecule has 0 aliphatic heterocycles. The normalized spacial score (nSPS) is 10.9. The van der Waals surface area contributed by atoms with Gasteiger partial charge in [0.15, 0.2) is 0 Å². The number of amides is 1. The van der Waals surface area contributed by atoms with E-state index >= 15 is 0 Å². The minimum Gasteiger partial charge on any atom is -0.310 e. The van der Waals surface area contributed by atoms with Gasteiger partial charge >= 0.3 is 0 Å². The van der Waals surface area contributed by atoms with Gasteiger partial charge in [-0.1, -0.05) is 54.9 Å². The molecule has 28 heavy (non-hydrogen) atoms. The molecule has 0 saturated carbocycles. The van der Waals surface area contributed by atoms with Gasteiger partial charge in [0.2, 0.25) is 0 Å². The lowest BCUT2D eigenvalue weighted by atomic mass is 10.1. The first-order valence-corrected chi connectivity index (χ1v) is 9.31. The van der Waals surface area contributed by atoms with Gasteiger partial charge in [-0.15, -0.1) is 0 Å². The minimum absolute atomic E-state index is 0.0306. The van der Waals surface area contributed by atoms with Gasteiger partial charge in [0.25, 0.3) is 11.5 Å². The molecule has 1 aromatic heterocycles. The molecular weight excluding hydrogens is 374 g/mol. The molecule has 0 spiro atoms. The van der Waals surface area contributed by atoms with Gasteiger partial charge in [-0.2, -0.15) is 5.10 Å². The number of aryl methyl sites for hydroxylation is 1. The summed E-state index contributed by atoms with van der Waals surface area (Å²) in [6.45, 7) is 2.41. The first-order chi connectivity index (χ1) is 13.6. The third-order valence-corrected chi connectivity index (χ3v) is 4.51. The summed E-state index contributed by atoms with van der Waals surface area (Å²) in [7, 11) is 0. The van der Waals surface area contributed by atoms with Gasteiger partial charge in [0, 0.05) is 11.2 Å². The van der Waals surface area contributed by atoms with Crippen molar-refractivity contribution in [1.29, 1.82) is 0 Å². The van der Waals surface area contributed by atoms with Gasteiger partial charge in [-0.25, -0.2) is 5.43 Å². The molecule has 0 unspecified atom stereocenters. The third kappa shape index (κ3) is 4.96. The van der Waals surface area contributed by atoms with Crippen LogP contribution in [0.25, 0.3) is 0 Å². The Morgan fingerprint density at radius 1 is 1.11 bits per heavy atom. The predicted molar refractivity (Wildman–Crippen MR) is 112 cm³/mol. The van der Waals surface area contributed by atoms with Crippen molar-refractivity contribution in [2.75, 3.05) is 0 Å². The Morgan fingerprint density at radius 3 is 2.61 bits per heavy atom. The quantitative estimate of drug-likeness (QED) is 0.510. The monoisotopic (exact) mass is 393 g/mol. The Labute approximate surface area is 168 Å². The number of rotatable bonds is 6. The van der Waals surface area contributed by atoms with Crippen molar-refractivity contribution in [3.63, 3.8) is 0 Å². The number of nitrogens with one attached hydrogen (secondary N) is 1. The second kappa shape index (κ2) is 9.15. The van der Waals surface area contributed by atoms with Crippen molar-refractivity contribution in [3.8, 4) is 0 Å². The van der Waals surface area contributed by atoms with Crippen LogP contribution in [-0.4, -0.2) is 16.7 Å². The molecule has 0 fully saturated rings. The Kier molecular flexibility index (Phi) is 6.40. The van der Waals surface area contributed by atoms with Crippen LogP contribution in [0.3, 0.4) is 0 Å². The maximum absolute atomic E-state index is 12.6. The number of pyridine rings is 1. The van der Waals surface area contributed by atoms with E-state index in [9.17, 15) is 9.59 Å². The predicted octanol–water partition coefficient (Wildman–Crippen LogP) is 3.88. The number of carbonyl (C=O) groups excluding carboxylic acids is 1. The molecule has 0 atom stereocenters. The summed E-state index contributed by atoms with van der Waals surface area (Å²) in [5.74, 6) is -0.549. The largest absolute Gasteiger partial charge is 0.310 e. The standard InChI is InChI=1S/C22H20ClN3O2/c1-2-16-8-10-17(11-9-16)14-24-25-21(27)20-7-4-12-26(22(20)28)15-18-5-3-6-19(23)13-18/h3-14H,2,15H2,1H3,(H,25,27)/b24-14-. The molecule has 0 aliphatic rings. The zero-order valence-corrected chi connectivity index (χ0v) is 16.2. The van der Waals surface area contributed by atoms with Crippen molar-refractivity contribution in [2.24, 2.45) is 5.10 Å². The Bertz CT molecular complexity index is 1060. The van der Waals surface area contributed by atoms with Crippen molar-refractivity contribution in [2.45, 2.75) is 19.9 Å². The fraction of sp³-hybridized carbons (Fsp3) is 0.136. The number of hydrogen-bond donors (Lipinski definition) is 1. The van der Waals surface area contributed by atoms with Crippen LogP contribution in [0.5, 0.6) is 0 Å². The lowest BCUT2D eigenvalue weighted by molar-refractivity contribution is 0.0953. The molecule has 0 aliphatic carbocycles. The molecule has 1 N–H and O–H groups in total. The van der Waals surface area contributed by atoms with E-state index in [-0.39, 0.29) is 11.1 Å². The number of hydrazone groups is 1. The Balaban J connectivity index is 1.71. The average molecular weight is 394 g/mol. The average Bonchev–Trinajstić information content (AvgIpc) is 2.70. The topological polar surface area (TPSA) is 63.5 Å². The maximum Gasteiger partial charge on any atom is 0.276 e. The first kappa shape index (κ1) is 19.6. The maximum atomic E-state index is 12.6. The van der Waals surface area contributed by atoms with Crippen molar-refractivity contribution in [1.82, 2.24) is 9.99 Å². The van der Waals surface area contributed by atoms with E-state index in [0.29, 0.717) is 11.6 Å². The number of nitrogens with zero attached hydrogens (tertiary/aromatic N) is 2. The third-order valence-electron chi connectivity index (χ3n) is 4.27. The summed E-state index contributed by atoms with van der Waals surface area (Å²) in [6, 6.07) is 18.3. The van der Waals surface area contributed by atoms with Crippen molar-refractivity contribution >= 4 is 23.7 Å². The molecular formula is C22H20ClN3O2. The van der Waals surface area contributed by atoms with Crippen LogP contribution >= 0.6 is 11.6 Å². The molecule has 6 heteroatoms. The van der Waals surface area contributed by atoms with Gasteiger partial charge in [0.05, 0.1) is 12.8 Å². The Hall–Kier alpha value is -3.18. The molecule has 3 rings (SSSR count). The summed E-state index contributed by atoms with van der Waals surface area (Å²) < 4.78 is 1.47. The molecule has 0 bridgehead atoms. The molecule has 2 aromatic carbocycles. The summed E-state index contributed by atoms with van der Waals surface area (Å²) in [5.41, 5.74) is 5.03. The number of benzene rings is 2. The molecule has 0 radical (unpaired) electrons. The van der Waals surface area contributed by atoms with E-state index in [2.05, 4.69) is 17.5 Å². The molecule has 3 aromatic rings. The van der Waals surface area contributed by atoms with E-state index in [4.69, 9.17) is 11.6 Å². The summed E-state index contributed by atoms with van der Waals surface area (Å²) >= 11 is 5.99. The van der Waals surface area contributed by atoms with E-state index < -0.39 is 5.91 Å². The van der Waals surface area contributed by atoms with Crippen molar-refractivity contribution in [3.05, 3.63) is 104 Å². The molecule has 0 saturated heterocycles. The fourth-order valence-electron chi connectivity index (χ4n) is 2.73. The molecule has 5 nitrogen and oxygen atoms in total.